The standard InChI is InChI=1S/C19H20N4O3.ClH/c1-11-7-13(5-6-15(11)22-12(2)24)23-19-14-8-17(25-3)18(26-4)9-16(14)20-10-21-19;/h5-10H,1-4H3,(H,22,24)(H,20,21,23);1H. The summed E-state index contributed by atoms with van der Waals surface area (Å²) >= 11 is 0. The van der Waals surface area contributed by atoms with Crippen molar-refractivity contribution < 1.29 is 14.3 Å². The van der Waals surface area contributed by atoms with Gasteiger partial charge in [0.05, 0.1) is 19.7 Å². The Morgan fingerprint density at radius 2 is 1.74 bits per heavy atom. The molecule has 0 fully saturated rings. The minimum Gasteiger partial charge on any atom is -0.493 e. The molecule has 1 amide bonds. The summed E-state index contributed by atoms with van der Waals surface area (Å²) in [7, 11) is 3.17. The lowest BCUT2D eigenvalue weighted by Crippen LogP contribution is -2.07. The number of benzene rings is 2. The molecule has 1 heterocycles. The number of ether oxygens (including phenoxy) is 2. The quantitative estimate of drug-likeness (QED) is 0.685. The Morgan fingerprint density at radius 3 is 2.37 bits per heavy atom. The zero-order valence-electron chi connectivity index (χ0n) is 15.5. The van der Waals surface area contributed by atoms with E-state index in [1.54, 1.807) is 14.2 Å². The van der Waals surface area contributed by atoms with Gasteiger partial charge in [-0.2, -0.15) is 0 Å². The maximum Gasteiger partial charge on any atom is 0.221 e. The number of hydrogen-bond donors (Lipinski definition) is 2. The van der Waals surface area contributed by atoms with E-state index in [1.165, 1.54) is 13.3 Å². The average molecular weight is 389 g/mol. The van der Waals surface area contributed by atoms with Crippen molar-refractivity contribution in [3.8, 4) is 11.5 Å². The number of hydrogen-bond acceptors (Lipinski definition) is 6. The number of amides is 1. The first-order valence-electron chi connectivity index (χ1n) is 8.04. The van der Waals surface area contributed by atoms with Gasteiger partial charge < -0.3 is 20.1 Å². The molecule has 8 heteroatoms. The van der Waals surface area contributed by atoms with Crippen LogP contribution in [-0.2, 0) is 4.79 Å². The maximum absolute atomic E-state index is 11.2. The Morgan fingerprint density at radius 1 is 1.04 bits per heavy atom. The fraction of sp³-hybridized carbons (Fsp3) is 0.211. The lowest BCUT2D eigenvalue weighted by molar-refractivity contribution is -0.114. The Hall–Kier alpha value is -3.06. The molecule has 0 atom stereocenters. The predicted molar refractivity (Wildman–Crippen MR) is 109 cm³/mol. The van der Waals surface area contributed by atoms with E-state index in [4.69, 9.17) is 9.47 Å². The molecule has 27 heavy (non-hydrogen) atoms. The van der Waals surface area contributed by atoms with Gasteiger partial charge in [0, 0.05) is 29.8 Å². The number of aryl methyl sites for hydroxylation is 1. The van der Waals surface area contributed by atoms with Gasteiger partial charge in [0.25, 0.3) is 0 Å². The molecular weight excluding hydrogens is 368 g/mol. The number of methoxy groups -OCH3 is 2. The van der Waals surface area contributed by atoms with Crippen LogP contribution in [0.25, 0.3) is 10.9 Å². The largest absolute Gasteiger partial charge is 0.493 e. The molecule has 3 rings (SSSR count). The van der Waals surface area contributed by atoms with Crippen molar-refractivity contribution in [1.29, 1.82) is 0 Å². The van der Waals surface area contributed by atoms with Crippen LogP contribution < -0.4 is 20.1 Å². The van der Waals surface area contributed by atoms with Crippen LogP contribution >= 0.6 is 12.4 Å². The van der Waals surface area contributed by atoms with Gasteiger partial charge in [-0.25, -0.2) is 9.97 Å². The second-order valence-corrected chi connectivity index (χ2v) is 5.78. The number of rotatable bonds is 5. The molecule has 0 saturated heterocycles. The second kappa shape index (κ2) is 8.55. The normalized spacial score (nSPS) is 10.1. The van der Waals surface area contributed by atoms with Crippen LogP contribution in [0.2, 0.25) is 0 Å². The second-order valence-electron chi connectivity index (χ2n) is 5.78. The molecular formula is C19H21ClN4O3. The monoisotopic (exact) mass is 388 g/mol. The van der Waals surface area contributed by atoms with Crippen molar-refractivity contribution in [2.75, 3.05) is 24.9 Å². The minimum absolute atomic E-state index is 0. The van der Waals surface area contributed by atoms with Crippen LogP contribution in [0.3, 0.4) is 0 Å². The van der Waals surface area contributed by atoms with Gasteiger partial charge in [-0.3, -0.25) is 4.79 Å². The van der Waals surface area contributed by atoms with Crippen molar-refractivity contribution in [2.45, 2.75) is 13.8 Å². The molecule has 3 aromatic rings. The van der Waals surface area contributed by atoms with Crippen LogP contribution in [0.15, 0.2) is 36.7 Å². The van der Waals surface area contributed by atoms with E-state index in [9.17, 15) is 4.79 Å². The molecule has 0 aliphatic rings. The zero-order valence-corrected chi connectivity index (χ0v) is 16.3. The zero-order chi connectivity index (χ0) is 18.7. The lowest BCUT2D eigenvalue weighted by Gasteiger charge is -2.13. The highest BCUT2D eigenvalue weighted by molar-refractivity contribution is 5.93. The summed E-state index contributed by atoms with van der Waals surface area (Å²) in [5.41, 5.74) is 3.32. The van der Waals surface area contributed by atoms with E-state index in [0.717, 1.165) is 27.8 Å². The summed E-state index contributed by atoms with van der Waals surface area (Å²) in [5.74, 6) is 1.77. The molecule has 2 aromatic carbocycles. The number of carbonyl (C=O) groups is 1. The minimum atomic E-state index is -0.100. The molecule has 0 radical (unpaired) electrons. The van der Waals surface area contributed by atoms with Crippen molar-refractivity contribution in [1.82, 2.24) is 9.97 Å². The fourth-order valence-electron chi connectivity index (χ4n) is 2.69. The van der Waals surface area contributed by atoms with Crippen molar-refractivity contribution >= 4 is 46.4 Å². The molecule has 2 N–H and O–H groups in total. The van der Waals surface area contributed by atoms with Crippen LogP contribution in [-0.4, -0.2) is 30.1 Å². The number of halogens is 1. The third kappa shape index (κ3) is 4.38. The number of nitrogens with one attached hydrogen (secondary N) is 2. The van der Waals surface area contributed by atoms with Gasteiger partial charge in [-0.15, -0.1) is 12.4 Å². The van der Waals surface area contributed by atoms with E-state index >= 15 is 0 Å². The first-order chi connectivity index (χ1) is 12.5. The highest BCUT2D eigenvalue weighted by Gasteiger charge is 2.11. The summed E-state index contributed by atoms with van der Waals surface area (Å²) in [6, 6.07) is 9.33. The number of nitrogens with zero attached hydrogens (tertiary/aromatic N) is 2. The van der Waals surface area contributed by atoms with E-state index in [2.05, 4.69) is 20.6 Å². The smallest absolute Gasteiger partial charge is 0.221 e. The fourth-order valence-corrected chi connectivity index (χ4v) is 2.69. The SMILES string of the molecule is COc1cc2ncnc(Nc3ccc(NC(C)=O)c(C)c3)c2cc1OC.Cl. The number of carbonyl (C=O) groups excluding carboxylic acids is 1. The first-order valence-corrected chi connectivity index (χ1v) is 8.04. The first kappa shape index (κ1) is 20.3. The van der Waals surface area contributed by atoms with Crippen molar-refractivity contribution in [3.63, 3.8) is 0 Å². The lowest BCUT2D eigenvalue weighted by atomic mass is 10.1. The van der Waals surface area contributed by atoms with Crippen LogP contribution in [0.5, 0.6) is 11.5 Å². The Bertz CT molecular complexity index is 979. The molecule has 7 nitrogen and oxygen atoms in total. The average Bonchev–Trinajstić information content (AvgIpc) is 2.62. The summed E-state index contributed by atoms with van der Waals surface area (Å²) in [6.45, 7) is 3.42. The molecule has 0 unspecified atom stereocenters. The third-order valence-electron chi connectivity index (χ3n) is 3.94. The van der Waals surface area contributed by atoms with Gasteiger partial charge >= 0.3 is 0 Å². The van der Waals surface area contributed by atoms with Crippen LogP contribution in [0.4, 0.5) is 17.2 Å². The Balaban J connectivity index is 0.00000261. The van der Waals surface area contributed by atoms with Crippen molar-refractivity contribution in [2.24, 2.45) is 0 Å². The number of anilines is 3. The topological polar surface area (TPSA) is 85.4 Å². The molecule has 0 bridgehead atoms. The molecule has 142 valence electrons. The summed E-state index contributed by atoms with van der Waals surface area (Å²) in [5, 5.41) is 6.91. The Labute approximate surface area is 163 Å². The molecule has 1 aromatic heterocycles. The number of fused-ring (bicyclic) bond motifs is 1. The third-order valence-corrected chi connectivity index (χ3v) is 3.94. The van der Waals surface area contributed by atoms with Crippen molar-refractivity contribution in [3.05, 3.63) is 42.2 Å². The van der Waals surface area contributed by atoms with E-state index in [1.807, 2.05) is 37.3 Å². The molecule has 0 aliphatic carbocycles. The predicted octanol–water partition coefficient (Wildman–Crippen LogP) is 4.08. The van der Waals surface area contributed by atoms with Crippen LogP contribution in [0, 0.1) is 6.92 Å². The molecule has 0 saturated carbocycles. The highest BCUT2D eigenvalue weighted by atomic mass is 35.5. The highest BCUT2D eigenvalue weighted by Crippen LogP contribution is 2.34. The Kier molecular flexibility index (Phi) is 6.41. The summed E-state index contributed by atoms with van der Waals surface area (Å²) in [4.78, 5) is 19.9. The number of aromatic nitrogens is 2. The van der Waals surface area contributed by atoms with E-state index in [0.29, 0.717) is 17.3 Å². The van der Waals surface area contributed by atoms with E-state index in [-0.39, 0.29) is 18.3 Å². The van der Waals surface area contributed by atoms with Crippen LogP contribution in [0.1, 0.15) is 12.5 Å². The molecule has 0 spiro atoms. The van der Waals surface area contributed by atoms with Gasteiger partial charge in [0.1, 0.15) is 12.1 Å². The maximum atomic E-state index is 11.2. The summed E-state index contributed by atoms with van der Waals surface area (Å²) < 4.78 is 10.7. The van der Waals surface area contributed by atoms with Gasteiger partial charge in [-0.1, -0.05) is 0 Å². The van der Waals surface area contributed by atoms with E-state index < -0.39 is 0 Å². The summed E-state index contributed by atoms with van der Waals surface area (Å²) in [6.07, 6.45) is 1.50. The molecule has 0 aliphatic heterocycles. The van der Waals surface area contributed by atoms with Gasteiger partial charge in [-0.05, 0) is 36.8 Å². The van der Waals surface area contributed by atoms with Gasteiger partial charge in [0.2, 0.25) is 5.91 Å². The van der Waals surface area contributed by atoms with Gasteiger partial charge in [0.15, 0.2) is 11.5 Å².